The number of hydrogen-bond acceptors (Lipinski definition) is 5. The Hall–Kier alpha value is -3.27. The summed E-state index contributed by atoms with van der Waals surface area (Å²) in [5.74, 6) is 0. The first kappa shape index (κ1) is 39.5. The minimum atomic E-state index is -3.72. The third-order valence-corrected chi connectivity index (χ3v) is 11.4. The molecule has 0 bridgehead atoms. The SMILES string of the molecule is CCN([C@H](C)c1ccccc1)S(=O)(=O)c1ccc2c(Cl)cnc(Cl)c2c1.CCNC(C)c1ccccc1.Cc1ccc2c(Cl)cnc(Cl)c2c1. The van der Waals surface area contributed by atoms with Crippen molar-refractivity contribution in [1.29, 1.82) is 0 Å². The van der Waals surface area contributed by atoms with Gasteiger partial charge < -0.3 is 5.32 Å². The van der Waals surface area contributed by atoms with Crippen LogP contribution in [0.5, 0.6) is 0 Å². The third kappa shape index (κ3) is 9.74. The number of pyridine rings is 2. The summed E-state index contributed by atoms with van der Waals surface area (Å²) in [6, 6.07) is 30.9. The van der Waals surface area contributed by atoms with Gasteiger partial charge in [-0.25, -0.2) is 18.4 Å². The zero-order valence-corrected chi connectivity index (χ0v) is 32.4. The molecule has 2 heterocycles. The van der Waals surface area contributed by atoms with E-state index in [1.165, 1.54) is 22.1 Å². The van der Waals surface area contributed by atoms with Gasteiger partial charge in [0.15, 0.2) is 0 Å². The summed E-state index contributed by atoms with van der Waals surface area (Å²) < 4.78 is 28.0. The number of nitrogens with one attached hydrogen (secondary N) is 1. The Bertz CT molecular complexity index is 2140. The number of hydrogen-bond donors (Lipinski definition) is 1. The molecule has 262 valence electrons. The predicted molar refractivity (Wildman–Crippen MR) is 211 cm³/mol. The maximum absolute atomic E-state index is 13.2. The largest absolute Gasteiger partial charge is 0.310 e. The molecule has 0 spiro atoms. The second-order valence-electron chi connectivity index (χ2n) is 11.5. The quantitative estimate of drug-likeness (QED) is 0.156. The zero-order chi connectivity index (χ0) is 36.4. The van der Waals surface area contributed by atoms with Crippen LogP contribution in [0.25, 0.3) is 21.5 Å². The van der Waals surface area contributed by atoms with E-state index in [9.17, 15) is 8.42 Å². The normalized spacial score (nSPS) is 12.5. The number of fused-ring (bicyclic) bond motifs is 2. The van der Waals surface area contributed by atoms with E-state index in [1.807, 2.05) is 75.4 Å². The molecule has 1 unspecified atom stereocenters. The molecular weight excluding hydrogens is 730 g/mol. The van der Waals surface area contributed by atoms with Crippen molar-refractivity contribution in [2.75, 3.05) is 13.1 Å². The second kappa shape index (κ2) is 18.3. The average Bonchev–Trinajstić information content (AvgIpc) is 3.13. The molecule has 0 saturated heterocycles. The average molecular weight is 771 g/mol. The predicted octanol–water partition coefficient (Wildman–Crippen LogP) is 11.5. The van der Waals surface area contributed by atoms with Gasteiger partial charge in [0, 0.05) is 52.6 Å². The Labute approximate surface area is 315 Å². The van der Waals surface area contributed by atoms with Crippen LogP contribution in [-0.2, 0) is 10.0 Å². The zero-order valence-electron chi connectivity index (χ0n) is 28.5. The van der Waals surface area contributed by atoms with Crippen LogP contribution in [0.4, 0.5) is 0 Å². The molecule has 6 aromatic rings. The molecule has 11 heteroatoms. The molecule has 0 aliphatic heterocycles. The Balaban J connectivity index is 0.000000194. The van der Waals surface area contributed by atoms with Crippen molar-refractivity contribution >= 4 is 78.0 Å². The van der Waals surface area contributed by atoms with Gasteiger partial charge in [-0.1, -0.05) is 145 Å². The molecule has 0 radical (unpaired) electrons. The number of benzene rings is 4. The number of halogens is 4. The van der Waals surface area contributed by atoms with E-state index in [0.29, 0.717) is 38.6 Å². The smallest absolute Gasteiger partial charge is 0.243 e. The van der Waals surface area contributed by atoms with Crippen LogP contribution in [0.2, 0.25) is 20.4 Å². The standard InChI is InChI=1S/C19H18Cl2N2O2S.C10H7Cl2N.C10H15N/c1-3-23(13(2)14-7-5-4-6-8-14)26(24,25)15-9-10-16-17(11-15)19(21)22-12-18(16)20;1-6-2-3-7-8(4-6)10(12)13-5-9(7)11;1-3-11-9(2)10-7-5-4-6-8-10/h4-13H,3H2,1-2H3;2-5H,1H3;4-9,11H,3H2,1-2H3/t13-;;/m1../s1. The lowest BCUT2D eigenvalue weighted by atomic mass is 10.1. The van der Waals surface area contributed by atoms with Crippen molar-refractivity contribution in [2.45, 2.75) is 51.6 Å². The lowest BCUT2D eigenvalue weighted by molar-refractivity contribution is 0.357. The lowest BCUT2D eigenvalue weighted by Crippen LogP contribution is -2.33. The second-order valence-corrected chi connectivity index (χ2v) is 15.0. The van der Waals surface area contributed by atoms with Crippen LogP contribution in [-0.4, -0.2) is 35.8 Å². The molecule has 0 saturated carbocycles. The molecule has 2 aromatic heterocycles. The highest BCUT2D eigenvalue weighted by molar-refractivity contribution is 7.89. The monoisotopic (exact) mass is 768 g/mol. The molecule has 0 fully saturated rings. The molecule has 6 nitrogen and oxygen atoms in total. The summed E-state index contributed by atoms with van der Waals surface area (Å²) in [6.45, 7) is 11.4. The fourth-order valence-electron chi connectivity index (χ4n) is 5.46. The van der Waals surface area contributed by atoms with E-state index in [2.05, 4.69) is 53.4 Å². The number of nitrogens with zero attached hydrogens (tertiary/aromatic N) is 3. The van der Waals surface area contributed by atoms with Crippen LogP contribution < -0.4 is 5.32 Å². The van der Waals surface area contributed by atoms with Crippen LogP contribution in [0.3, 0.4) is 0 Å². The number of sulfonamides is 1. The molecule has 2 atom stereocenters. The number of rotatable bonds is 8. The molecule has 1 N–H and O–H groups in total. The van der Waals surface area contributed by atoms with Crippen molar-refractivity contribution in [3.8, 4) is 0 Å². The van der Waals surface area contributed by atoms with Gasteiger partial charge in [0.05, 0.1) is 14.9 Å². The first-order valence-electron chi connectivity index (χ1n) is 16.2. The van der Waals surface area contributed by atoms with Crippen LogP contribution in [0.15, 0.2) is 114 Å². The van der Waals surface area contributed by atoms with Crippen molar-refractivity contribution in [3.05, 3.63) is 146 Å². The lowest BCUT2D eigenvalue weighted by Gasteiger charge is -2.27. The third-order valence-electron chi connectivity index (χ3n) is 8.15. The fourth-order valence-corrected chi connectivity index (χ4v) is 7.95. The highest BCUT2D eigenvalue weighted by Crippen LogP contribution is 2.33. The first-order valence-corrected chi connectivity index (χ1v) is 19.1. The number of aromatic nitrogens is 2. The minimum absolute atomic E-state index is 0.167. The molecule has 0 aliphatic rings. The summed E-state index contributed by atoms with van der Waals surface area (Å²) in [7, 11) is -3.72. The highest BCUT2D eigenvalue weighted by atomic mass is 35.5. The van der Waals surface area contributed by atoms with Gasteiger partial charge >= 0.3 is 0 Å². The van der Waals surface area contributed by atoms with Crippen LogP contribution in [0, 0.1) is 6.92 Å². The van der Waals surface area contributed by atoms with Crippen molar-refractivity contribution < 1.29 is 8.42 Å². The molecule has 6 rings (SSSR count). The Kier molecular flexibility index (Phi) is 14.5. The maximum Gasteiger partial charge on any atom is 0.243 e. The van der Waals surface area contributed by atoms with Gasteiger partial charge in [0.1, 0.15) is 10.3 Å². The van der Waals surface area contributed by atoms with Crippen LogP contribution in [0.1, 0.15) is 56.5 Å². The van der Waals surface area contributed by atoms with Gasteiger partial charge in [-0.05, 0) is 56.6 Å². The van der Waals surface area contributed by atoms with Gasteiger partial charge in [-0.3, -0.25) is 0 Å². The van der Waals surface area contributed by atoms with E-state index < -0.39 is 10.0 Å². The summed E-state index contributed by atoms with van der Waals surface area (Å²) in [5.41, 5.74) is 3.44. The highest BCUT2D eigenvalue weighted by Gasteiger charge is 2.29. The summed E-state index contributed by atoms with van der Waals surface area (Å²) in [5, 5.41) is 8.21. The summed E-state index contributed by atoms with van der Waals surface area (Å²) in [6.07, 6.45) is 3.03. The Morgan fingerprint density at radius 2 is 1.18 bits per heavy atom. The van der Waals surface area contributed by atoms with Crippen molar-refractivity contribution in [1.82, 2.24) is 19.6 Å². The van der Waals surface area contributed by atoms with Crippen molar-refractivity contribution in [2.24, 2.45) is 0 Å². The van der Waals surface area contributed by atoms with E-state index in [0.717, 1.165) is 28.4 Å². The molecule has 50 heavy (non-hydrogen) atoms. The molecule has 4 aromatic carbocycles. The first-order chi connectivity index (χ1) is 23.9. The molecular formula is C39H40Cl4N4O2S. The summed E-state index contributed by atoms with van der Waals surface area (Å²) in [4.78, 5) is 8.15. The van der Waals surface area contributed by atoms with E-state index in [-0.39, 0.29) is 16.1 Å². The van der Waals surface area contributed by atoms with Crippen molar-refractivity contribution in [3.63, 3.8) is 0 Å². The Morgan fingerprint density at radius 3 is 1.70 bits per heavy atom. The van der Waals surface area contributed by atoms with E-state index in [4.69, 9.17) is 46.4 Å². The topological polar surface area (TPSA) is 75.2 Å². The Morgan fingerprint density at radius 1 is 0.680 bits per heavy atom. The van der Waals surface area contributed by atoms with Gasteiger partial charge in [0.25, 0.3) is 0 Å². The molecule has 0 aliphatic carbocycles. The van der Waals surface area contributed by atoms with Gasteiger partial charge in [-0.2, -0.15) is 4.31 Å². The maximum atomic E-state index is 13.2. The fraction of sp³-hybridized carbons (Fsp3) is 0.231. The summed E-state index contributed by atoms with van der Waals surface area (Å²) >= 11 is 24.2. The van der Waals surface area contributed by atoms with E-state index >= 15 is 0 Å². The molecule has 0 amide bonds. The number of aryl methyl sites for hydroxylation is 1. The van der Waals surface area contributed by atoms with E-state index in [1.54, 1.807) is 18.3 Å². The minimum Gasteiger partial charge on any atom is -0.310 e. The van der Waals surface area contributed by atoms with Gasteiger partial charge in [0.2, 0.25) is 10.0 Å². The van der Waals surface area contributed by atoms with Gasteiger partial charge in [-0.15, -0.1) is 0 Å². The van der Waals surface area contributed by atoms with Crippen LogP contribution >= 0.6 is 46.4 Å².